The van der Waals surface area contributed by atoms with E-state index >= 15 is 0 Å². The van der Waals surface area contributed by atoms with Crippen molar-refractivity contribution in [2.24, 2.45) is 5.41 Å². The maximum atomic E-state index is 2.39. The third-order valence-electron chi connectivity index (χ3n) is 4.34. The average Bonchev–Trinajstić information content (AvgIpc) is 2.47. The Morgan fingerprint density at radius 2 is 1.11 bits per heavy atom. The van der Waals surface area contributed by atoms with Crippen molar-refractivity contribution >= 4 is 12.2 Å². The van der Waals surface area contributed by atoms with Gasteiger partial charge in [-0.25, -0.2) is 0 Å². The van der Waals surface area contributed by atoms with Crippen molar-refractivity contribution < 1.29 is 0 Å². The van der Waals surface area contributed by atoms with E-state index in [0.717, 1.165) is 12.8 Å². The van der Waals surface area contributed by atoms with Crippen LogP contribution in [0.4, 0.5) is 0 Å². The molecule has 2 aliphatic rings. The van der Waals surface area contributed by atoms with Gasteiger partial charge in [-0.3, -0.25) is 0 Å². The molecule has 92 valence electrons. The maximum absolute atomic E-state index is 2.39. The fourth-order valence-corrected chi connectivity index (χ4v) is 3.29. The highest BCUT2D eigenvalue weighted by Gasteiger charge is 2.31. The zero-order valence-corrected chi connectivity index (χ0v) is 10.8. The highest BCUT2D eigenvalue weighted by atomic mass is 14.3. The molecule has 19 heavy (non-hydrogen) atoms. The highest BCUT2D eigenvalue weighted by molar-refractivity contribution is 5.64. The van der Waals surface area contributed by atoms with Crippen LogP contribution in [0.1, 0.15) is 22.3 Å². The maximum Gasteiger partial charge on any atom is 0.0149 e. The molecule has 2 aromatic rings. The third kappa shape index (κ3) is 1.76. The standard InChI is InChI=1S/C19H16/c1-3-7-17-13-19(11-9-15(17)5-1)12-10-16-6-2-4-8-18(16)14-19/h1-12H,13-14H2. The molecule has 2 aliphatic carbocycles. The molecule has 0 fully saturated rings. The second-order valence-electron chi connectivity index (χ2n) is 5.65. The molecule has 0 heterocycles. The Bertz CT molecular complexity index is 627. The summed E-state index contributed by atoms with van der Waals surface area (Å²) in [5.74, 6) is 0. The Kier molecular flexibility index (Phi) is 2.25. The fraction of sp³-hybridized carbons (Fsp3) is 0.158. The van der Waals surface area contributed by atoms with Crippen LogP contribution in [0.25, 0.3) is 12.2 Å². The largest absolute Gasteiger partial charge is 0.0733 e. The van der Waals surface area contributed by atoms with Crippen molar-refractivity contribution in [3.05, 3.63) is 82.9 Å². The molecule has 0 amide bonds. The molecule has 0 nitrogen and oxygen atoms in total. The van der Waals surface area contributed by atoms with Crippen LogP contribution in [0, 0.1) is 5.41 Å². The zero-order chi connectivity index (χ0) is 12.7. The van der Waals surface area contributed by atoms with Gasteiger partial charge < -0.3 is 0 Å². The van der Waals surface area contributed by atoms with E-state index in [0.29, 0.717) is 0 Å². The smallest absolute Gasteiger partial charge is 0.0149 e. The van der Waals surface area contributed by atoms with Crippen LogP contribution < -0.4 is 0 Å². The van der Waals surface area contributed by atoms with Gasteiger partial charge in [0, 0.05) is 5.41 Å². The second-order valence-corrected chi connectivity index (χ2v) is 5.65. The Morgan fingerprint density at radius 3 is 1.63 bits per heavy atom. The molecular formula is C19H16. The summed E-state index contributed by atoms with van der Waals surface area (Å²) in [6, 6.07) is 17.5. The van der Waals surface area contributed by atoms with Gasteiger partial charge in [0.1, 0.15) is 0 Å². The number of hydrogen-bond acceptors (Lipinski definition) is 0. The Hall–Kier alpha value is -2.08. The van der Waals surface area contributed by atoms with Crippen LogP contribution in [0.5, 0.6) is 0 Å². The van der Waals surface area contributed by atoms with Crippen molar-refractivity contribution in [1.82, 2.24) is 0 Å². The Balaban J connectivity index is 1.76. The second kappa shape index (κ2) is 3.96. The predicted octanol–water partition coefficient (Wildman–Crippen LogP) is 4.51. The molecule has 0 aromatic heterocycles. The van der Waals surface area contributed by atoms with E-state index in [1.165, 1.54) is 22.3 Å². The van der Waals surface area contributed by atoms with Crippen LogP contribution in [-0.2, 0) is 12.8 Å². The van der Waals surface area contributed by atoms with Crippen LogP contribution >= 0.6 is 0 Å². The van der Waals surface area contributed by atoms with Gasteiger partial charge in [0.2, 0.25) is 0 Å². The first-order valence-corrected chi connectivity index (χ1v) is 6.89. The lowest BCUT2D eigenvalue weighted by Gasteiger charge is -2.34. The molecule has 0 saturated carbocycles. The molecule has 0 N–H and O–H groups in total. The zero-order valence-electron chi connectivity index (χ0n) is 10.8. The predicted molar refractivity (Wildman–Crippen MR) is 80.8 cm³/mol. The first kappa shape index (κ1) is 10.8. The van der Waals surface area contributed by atoms with Gasteiger partial charge in [0.15, 0.2) is 0 Å². The first-order chi connectivity index (χ1) is 9.35. The topological polar surface area (TPSA) is 0 Å². The fourth-order valence-electron chi connectivity index (χ4n) is 3.29. The SMILES string of the molecule is C1=CC2(C=Cc3ccccc3C2)Cc2ccccc21. The van der Waals surface area contributed by atoms with E-state index in [4.69, 9.17) is 0 Å². The number of fused-ring (bicyclic) bond motifs is 2. The van der Waals surface area contributed by atoms with Gasteiger partial charge in [0.05, 0.1) is 0 Å². The lowest BCUT2D eigenvalue weighted by molar-refractivity contribution is 0.480. The van der Waals surface area contributed by atoms with Crippen molar-refractivity contribution in [3.8, 4) is 0 Å². The minimum Gasteiger partial charge on any atom is -0.0733 e. The van der Waals surface area contributed by atoms with Crippen LogP contribution in [0.3, 0.4) is 0 Å². The number of rotatable bonds is 0. The summed E-state index contributed by atoms with van der Waals surface area (Å²) in [6.45, 7) is 0. The van der Waals surface area contributed by atoms with Crippen molar-refractivity contribution in [2.45, 2.75) is 12.8 Å². The summed E-state index contributed by atoms with van der Waals surface area (Å²) in [7, 11) is 0. The summed E-state index contributed by atoms with van der Waals surface area (Å²) in [6.07, 6.45) is 11.6. The van der Waals surface area contributed by atoms with E-state index in [1.54, 1.807) is 0 Å². The Morgan fingerprint density at radius 1 is 0.632 bits per heavy atom. The number of benzene rings is 2. The van der Waals surface area contributed by atoms with Crippen molar-refractivity contribution in [2.75, 3.05) is 0 Å². The van der Waals surface area contributed by atoms with E-state index < -0.39 is 0 Å². The lowest BCUT2D eigenvalue weighted by Crippen LogP contribution is -2.26. The molecule has 0 aliphatic heterocycles. The van der Waals surface area contributed by atoms with Gasteiger partial charge >= 0.3 is 0 Å². The summed E-state index contributed by atoms with van der Waals surface area (Å²) in [5.41, 5.74) is 5.87. The molecule has 0 radical (unpaired) electrons. The first-order valence-electron chi connectivity index (χ1n) is 6.89. The van der Waals surface area contributed by atoms with Gasteiger partial charge in [-0.1, -0.05) is 72.8 Å². The van der Waals surface area contributed by atoms with Crippen LogP contribution in [-0.4, -0.2) is 0 Å². The molecule has 1 spiro atoms. The van der Waals surface area contributed by atoms with Crippen molar-refractivity contribution in [3.63, 3.8) is 0 Å². The van der Waals surface area contributed by atoms with E-state index in [9.17, 15) is 0 Å². The lowest BCUT2D eigenvalue weighted by atomic mass is 9.69. The van der Waals surface area contributed by atoms with Crippen LogP contribution in [0.15, 0.2) is 60.7 Å². The van der Waals surface area contributed by atoms with E-state index in [-0.39, 0.29) is 5.41 Å². The quantitative estimate of drug-likeness (QED) is 0.639. The Labute approximate surface area is 114 Å². The summed E-state index contributed by atoms with van der Waals surface area (Å²) >= 11 is 0. The highest BCUT2D eigenvalue weighted by Crippen LogP contribution is 2.40. The summed E-state index contributed by atoms with van der Waals surface area (Å²) in [5, 5.41) is 0. The third-order valence-corrected chi connectivity index (χ3v) is 4.34. The normalized spacial score (nSPS) is 18.1. The van der Waals surface area contributed by atoms with Crippen LogP contribution in [0.2, 0.25) is 0 Å². The van der Waals surface area contributed by atoms with Gasteiger partial charge in [-0.15, -0.1) is 0 Å². The molecule has 0 bridgehead atoms. The minimum atomic E-state index is 0.183. The molecule has 0 unspecified atom stereocenters. The molecule has 2 aromatic carbocycles. The molecule has 0 atom stereocenters. The summed E-state index contributed by atoms with van der Waals surface area (Å²) < 4.78 is 0. The molecular weight excluding hydrogens is 228 g/mol. The van der Waals surface area contributed by atoms with Gasteiger partial charge in [-0.05, 0) is 35.1 Å². The average molecular weight is 244 g/mol. The minimum absolute atomic E-state index is 0.183. The molecule has 4 rings (SSSR count). The molecule has 0 heteroatoms. The van der Waals surface area contributed by atoms with Gasteiger partial charge in [0.25, 0.3) is 0 Å². The monoisotopic (exact) mass is 244 g/mol. The summed E-state index contributed by atoms with van der Waals surface area (Å²) in [4.78, 5) is 0. The van der Waals surface area contributed by atoms with Gasteiger partial charge in [-0.2, -0.15) is 0 Å². The van der Waals surface area contributed by atoms with Crippen molar-refractivity contribution in [1.29, 1.82) is 0 Å². The molecule has 0 saturated heterocycles. The number of allylic oxidation sites excluding steroid dienone is 2. The van der Waals surface area contributed by atoms with E-state index in [2.05, 4.69) is 72.8 Å². The number of hydrogen-bond donors (Lipinski definition) is 0. The van der Waals surface area contributed by atoms with E-state index in [1.807, 2.05) is 0 Å².